The third kappa shape index (κ3) is 2.13. The normalized spacial score (nSPS) is 19.3. The Morgan fingerprint density at radius 2 is 2.04 bits per heavy atom. The number of carbonyl (C=O) groups excluding carboxylic acids is 1. The Balaban J connectivity index is 1.90. The molecule has 0 saturated carbocycles. The summed E-state index contributed by atoms with van der Waals surface area (Å²) < 4.78 is 0. The molecule has 114 valence electrons. The van der Waals surface area contributed by atoms with Gasteiger partial charge in [-0.3, -0.25) is 0 Å². The molecular weight excluding hydrogens is 286 g/mol. The first-order valence-corrected chi connectivity index (χ1v) is 8.15. The van der Waals surface area contributed by atoms with Crippen LogP contribution < -0.4 is 4.90 Å². The van der Waals surface area contributed by atoms with E-state index in [4.69, 9.17) is 0 Å². The van der Waals surface area contributed by atoms with E-state index in [2.05, 4.69) is 28.0 Å². The number of fused-ring (bicyclic) bond motifs is 2. The Morgan fingerprint density at radius 3 is 2.78 bits per heavy atom. The third-order valence-corrected chi connectivity index (χ3v) is 4.92. The minimum absolute atomic E-state index is 0.591. The van der Waals surface area contributed by atoms with Crippen molar-refractivity contribution in [3.63, 3.8) is 0 Å². The minimum Gasteiger partial charge on any atom is -0.356 e. The van der Waals surface area contributed by atoms with E-state index in [1.807, 2.05) is 12.3 Å². The number of nitrogens with zero attached hydrogens (tertiary/aromatic N) is 3. The van der Waals surface area contributed by atoms with Crippen LogP contribution in [0.3, 0.4) is 0 Å². The van der Waals surface area contributed by atoms with Crippen LogP contribution in [0.5, 0.6) is 0 Å². The maximum absolute atomic E-state index is 11.4. The predicted molar refractivity (Wildman–Crippen MR) is 88.6 cm³/mol. The number of hydrogen-bond acceptors (Lipinski definition) is 4. The summed E-state index contributed by atoms with van der Waals surface area (Å²) in [5.41, 5.74) is 5.28. The summed E-state index contributed by atoms with van der Waals surface area (Å²) >= 11 is 0. The van der Waals surface area contributed by atoms with Crippen LogP contribution in [-0.2, 0) is 11.2 Å². The smallest absolute Gasteiger partial charge is 0.147 e. The number of hydrogen-bond donors (Lipinski definition) is 0. The SMILES string of the molecule is N#Cc1c(N2CCCCC2)ncc2c1C1=C(C=CCC1=C=O)C2. The number of piperidine rings is 1. The van der Waals surface area contributed by atoms with E-state index in [-0.39, 0.29) is 0 Å². The highest BCUT2D eigenvalue weighted by Crippen LogP contribution is 2.44. The van der Waals surface area contributed by atoms with Gasteiger partial charge in [-0.25, -0.2) is 9.78 Å². The molecule has 0 spiro atoms. The highest BCUT2D eigenvalue weighted by atomic mass is 16.1. The zero-order valence-corrected chi connectivity index (χ0v) is 12.9. The van der Waals surface area contributed by atoms with E-state index < -0.39 is 0 Å². The fourth-order valence-corrected chi connectivity index (χ4v) is 3.87. The van der Waals surface area contributed by atoms with E-state index in [1.54, 1.807) is 0 Å². The molecule has 23 heavy (non-hydrogen) atoms. The summed E-state index contributed by atoms with van der Waals surface area (Å²) in [7, 11) is 0. The Hall–Kier alpha value is -2.63. The second-order valence-electron chi connectivity index (χ2n) is 6.28. The van der Waals surface area contributed by atoms with Crippen LogP contribution in [0.4, 0.5) is 5.82 Å². The van der Waals surface area contributed by atoms with Crippen LogP contribution in [0.1, 0.15) is 42.4 Å². The van der Waals surface area contributed by atoms with Crippen LogP contribution in [0.2, 0.25) is 0 Å². The van der Waals surface area contributed by atoms with Gasteiger partial charge in [0.25, 0.3) is 0 Å². The average Bonchev–Trinajstić information content (AvgIpc) is 3.00. The number of allylic oxidation sites excluding steroid dienone is 5. The van der Waals surface area contributed by atoms with Gasteiger partial charge in [0.1, 0.15) is 23.4 Å². The number of nitriles is 1. The van der Waals surface area contributed by atoms with Crippen molar-refractivity contribution in [1.29, 1.82) is 5.26 Å². The molecule has 0 amide bonds. The second-order valence-corrected chi connectivity index (χ2v) is 6.28. The second kappa shape index (κ2) is 5.53. The maximum atomic E-state index is 11.4. The van der Waals surface area contributed by atoms with Crippen molar-refractivity contribution in [1.82, 2.24) is 4.98 Å². The van der Waals surface area contributed by atoms with Crippen molar-refractivity contribution in [2.75, 3.05) is 18.0 Å². The maximum Gasteiger partial charge on any atom is 0.147 e. The van der Waals surface area contributed by atoms with Crippen molar-refractivity contribution in [3.05, 3.63) is 46.2 Å². The van der Waals surface area contributed by atoms with Crippen LogP contribution in [-0.4, -0.2) is 24.0 Å². The van der Waals surface area contributed by atoms with Gasteiger partial charge in [-0.05, 0) is 30.4 Å². The summed E-state index contributed by atoms with van der Waals surface area (Å²) in [6.07, 6.45) is 10.8. The highest BCUT2D eigenvalue weighted by Gasteiger charge is 2.31. The minimum atomic E-state index is 0.591. The summed E-state index contributed by atoms with van der Waals surface area (Å²) in [6, 6.07) is 2.37. The molecule has 2 heterocycles. The number of aromatic nitrogens is 1. The molecule has 4 heteroatoms. The molecule has 1 aromatic heterocycles. The van der Waals surface area contributed by atoms with Crippen molar-refractivity contribution in [2.45, 2.75) is 32.1 Å². The summed E-state index contributed by atoms with van der Waals surface area (Å²) in [5, 5.41) is 9.80. The van der Waals surface area contributed by atoms with Gasteiger partial charge in [-0.2, -0.15) is 5.26 Å². The fraction of sp³-hybridized carbons (Fsp3) is 0.368. The van der Waals surface area contributed by atoms with Crippen molar-refractivity contribution in [3.8, 4) is 6.07 Å². The van der Waals surface area contributed by atoms with Gasteiger partial charge < -0.3 is 4.90 Å². The van der Waals surface area contributed by atoms with Gasteiger partial charge >= 0.3 is 0 Å². The number of rotatable bonds is 1. The fourth-order valence-electron chi connectivity index (χ4n) is 3.87. The first-order valence-electron chi connectivity index (χ1n) is 8.15. The van der Waals surface area contributed by atoms with Crippen LogP contribution in [0, 0.1) is 11.3 Å². The van der Waals surface area contributed by atoms with E-state index in [0.29, 0.717) is 17.6 Å². The molecule has 4 nitrogen and oxygen atoms in total. The van der Waals surface area contributed by atoms with E-state index in [0.717, 1.165) is 60.4 Å². The van der Waals surface area contributed by atoms with Gasteiger partial charge in [-0.1, -0.05) is 12.2 Å². The van der Waals surface area contributed by atoms with Gasteiger partial charge in [0.15, 0.2) is 0 Å². The van der Waals surface area contributed by atoms with Crippen LogP contribution in [0.25, 0.3) is 5.57 Å². The molecule has 0 unspecified atom stereocenters. The first-order chi connectivity index (χ1) is 11.3. The molecule has 2 aliphatic carbocycles. The molecule has 0 N–H and O–H groups in total. The zero-order valence-electron chi connectivity index (χ0n) is 12.9. The summed E-state index contributed by atoms with van der Waals surface area (Å²) in [5.74, 6) is 2.86. The van der Waals surface area contributed by atoms with Gasteiger partial charge in [-0.15, -0.1) is 0 Å². The lowest BCUT2D eigenvalue weighted by Gasteiger charge is -2.29. The average molecular weight is 303 g/mol. The topological polar surface area (TPSA) is 57.0 Å². The molecule has 1 aromatic rings. The third-order valence-electron chi connectivity index (χ3n) is 4.92. The van der Waals surface area contributed by atoms with E-state index in [1.165, 1.54) is 6.42 Å². The predicted octanol–water partition coefficient (Wildman–Crippen LogP) is 2.97. The van der Waals surface area contributed by atoms with E-state index >= 15 is 0 Å². The Morgan fingerprint density at radius 1 is 1.22 bits per heavy atom. The molecule has 1 saturated heterocycles. The van der Waals surface area contributed by atoms with Gasteiger partial charge in [0.2, 0.25) is 0 Å². The molecule has 4 rings (SSSR count). The number of pyridine rings is 1. The first kappa shape index (κ1) is 14.0. The van der Waals surface area contributed by atoms with Gasteiger partial charge in [0, 0.05) is 48.8 Å². The molecule has 3 aliphatic rings. The van der Waals surface area contributed by atoms with Crippen molar-refractivity contribution < 1.29 is 4.79 Å². The summed E-state index contributed by atoms with van der Waals surface area (Å²) in [6.45, 7) is 1.89. The largest absolute Gasteiger partial charge is 0.356 e. The Bertz CT molecular complexity index is 829. The molecular formula is C19H17N3O. The Labute approximate surface area is 135 Å². The standard InChI is InChI=1S/C19H17N3O/c20-10-16-18-15(9-13-5-4-6-14(12-23)17(13)18)11-21-19(16)22-7-2-1-3-8-22/h4-5,11H,1-3,6-9H2. The quantitative estimate of drug-likeness (QED) is 0.748. The van der Waals surface area contributed by atoms with Crippen LogP contribution in [0.15, 0.2) is 29.5 Å². The molecule has 0 bridgehead atoms. The molecule has 0 radical (unpaired) electrons. The van der Waals surface area contributed by atoms with Gasteiger partial charge in [0.05, 0.1) is 0 Å². The van der Waals surface area contributed by atoms with Crippen molar-refractivity contribution in [2.24, 2.45) is 0 Å². The molecule has 0 atom stereocenters. The molecule has 0 aromatic carbocycles. The van der Waals surface area contributed by atoms with E-state index in [9.17, 15) is 10.1 Å². The summed E-state index contributed by atoms with van der Waals surface area (Å²) in [4.78, 5) is 18.2. The lowest BCUT2D eigenvalue weighted by molar-refractivity contribution is 0.567. The highest BCUT2D eigenvalue weighted by molar-refractivity contribution is 5.97. The Kier molecular flexibility index (Phi) is 3.37. The lowest BCUT2D eigenvalue weighted by Crippen LogP contribution is -2.31. The molecule has 1 fully saturated rings. The van der Waals surface area contributed by atoms with Crippen LogP contribution >= 0.6 is 0 Å². The van der Waals surface area contributed by atoms with Crippen molar-refractivity contribution >= 4 is 17.3 Å². The lowest BCUT2D eigenvalue weighted by atomic mass is 9.90. The zero-order chi connectivity index (χ0) is 15.8. The number of anilines is 1. The monoisotopic (exact) mass is 303 g/mol. The molecule has 1 aliphatic heterocycles.